The molecule has 0 bridgehead atoms. The molecule has 3 rings (SSSR count). The van der Waals surface area contributed by atoms with Crippen LogP contribution in [0.3, 0.4) is 0 Å². The summed E-state index contributed by atoms with van der Waals surface area (Å²) in [4.78, 5) is 16.8. The number of rotatable bonds is 7. The number of likely N-dealkylation sites (N-methyl/N-ethyl adjacent to an activating group) is 1. The summed E-state index contributed by atoms with van der Waals surface area (Å²) in [5, 5.41) is 11.4. The maximum Gasteiger partial charge on any atom is 0.253 e. The molecule has 6 nitrogen and oxygen atoms in total. The van der Waals surface area contributed by atoms with E-state index in [0.29, 0.717) is 42.5 Å². The number of nitrogens with zero attached hydrogens (tertiary/aromatic N) is 2. The number of benzene rings is 2. The van der Waals surface area contributed by atoms with Crippen molar-refractivity contribution >= 4 is 17.5 Å². The second kappa shape index (κ2) is 9.69. The van der Waals surface area contributed by atoms with Gasteiger partial charge in [0.15, 0.2) is 0 Å². The maximum atomic E-state index is 13.0. The van der Waals surface area contributed by atoms with Gasteiger partial charge in [-0.25, -0.2) is 0 Å². The summed E-state index contributed by atoms with van der Waals surface area (Å²) >= 11 is 5.93. The van der Waals surface area contributed by atoms with Gasteiger partial charge in [-0.1, -0.05) is 11.6 Å². The number of hydrogen-bond donors (Lipinski definition) is 1. The van der Waals surface area contributed by atoms with Gasteiger partial charge in [0.25, 0.3) is 5.91 Å². The van der Waals surface area contributed by atoms with Gasteiger partial charge in [-0.2, -0.15) is 0 Å². The second-order valence-corrected chi connectivity index (χ2v) is 8.53. The van der Waals surface area contributed by atoms with Crippen molar-refractivity contribution in [3.63, 3.8) is 0 Å². The highest BCUT2D eigenvalue weighted by molar-refractivity contribution is 6.30. The molecule has 1 aliphatic rings. The van der Waals surface area contributed by atoms with Crippen LogP contribution in [-0.2, 0) is 0 Å². The summed E-state index contributed by atoms with van der Waals surface area (Å²) in [6.45, 7) is 3.92. The third kappa shape index (κ3) is 5.88. The molecule has 30 heavy (non-hydrogen) atoms. The fourth-order valence-electron chi connectivity index (χ4n) is 3.26. The fourth-order valence-corrected chi connectivity index (χ4v) is 3.38. The van der Waals surface area contributed by atoms with Crippen molar-refractivity contribution in [3.8, 4) is 11.5 Å². The molecular weight excluding hydrogens is 404 g/mol. The minimum absolute atomic E-state index is 0.0879. The van der Waals surface area contributed by atoms with Crippen LogP contribution in [0, 0.1) is 0 Å². The SMILES string of the molecule is CN(C)CCOc1ccc(C(=O)N2CC[C@](C)(O)[C@@H](Oc3ccc(Cl)cc3)C2)cc1. The quantitative estimate of drug-likeness (QED) is 0.727. The van der Waals surface area contributed by atoms with Gasteiger partial charge in [0.2, 0.25) is 0 Å². The zero-order valence-corrected chi connectivity index (χ0v) is 18.4. The molecule has 0 aromatic heterocycles. The monoisotopic (exact) mass is 432 g/mol. The van der Waals surface area contributed by atoms with Crippen LogP contribution in [0.2, 0.25) is 5.02 Å². The number of carbonyl (C=O) groups excluding carboxylic acids is 1. The van der Waals surface area contributed by atoms with Gasteiger partial charge >= 0.3 is 0 Å². The molecule has 2 atom stereocenters. The Morgan fingerprint density at radius 1 is 1.17 bits per heavy atom. The highest BCUT2D eigenvalue weighted by atomic mass is 35.5. The molecule has 1 saturated heterocycles. The van der Waals surface area contributed by atoms with E-state index in [0.717, 1.165) is 12.3 Å². The average molecular weight is 433 g/mol. The molecule has 7 heteroatoms. The fraction of sp³-hybridized carbons (Fsp3) is 0.435. The number of aliphatic hydroxyl groups is 1. The molecule has 1 heterocycles. The van der Waals surface area contributed by atoms with Gasteiger partial charge in [0.1, 0.15) is 29.8 Å². The summed E-state index contributed by atoms with van der Waals surface area (Å²) in [7, 11) is 3.98. The number of likely N-dealkylation sites (tertiary alicyclic amines) is 1. The third-order valence-corrected chi connectivity index (χ3v) is 5.51. The van der Waals surface area contributed by atoms with E-state index in [1.807, 2.05) is 31.1 Å². The lowest BCUT2D eigenvalue weighted by molar-refractivity contribution is -0.0881. The Kier molecular flexibility index (Phi) is 7.23. The molecule has 0 unspecified atom stereocenters. The number of piperidine rings is 1. The molecule has 162 valence electrons. The molecular formula is C23H29ClN2O4. The van der Waals surface area contributed by atoms with Crippen LogP contribution in [0.4, 0.5) is 0 Å². The first kappa shape index (κ1) is 22.4. The van der Waals surface area contributed by atoms with Gasteiger partial charge in [-0.15, -0.1) is 0 Å². The van der Waals surface area contributed by atoms with Crippen LogP contribution in [0.1, 0.15) is 23.7 Å². The van der Waals surface area contributed by atoms with Gasteiger partial charge in [-0.05, 0) is 76.0 Å². The first-order chi connectivity index (χ1) is 14.2. The smallest absolute Gasteiger partial charge is 0.253 e. The topological polar surface area (TPSA) is 62.2 Å². The Bertz CT molecular complexity index is 837. The van der Waals surface area contributed by atoms with Gasteiger partial charge in [0.05, 0.1) is 6.54 Å². The summed E-state index contributed by atoms with van der Waals surface area (Å²) in [6.07, 6.45) is -0.104. The van der Waals surface area contributed by atoms with Crippen LogP contribution >= 0.6 is 11.6 Å². The van der Waals surface area contributed by atoms with Crippen molar-refractivity contribution in [1.82, 2.24) is 9.80 Å². The van der Waals surface area contributed by atoms with Crippen molar-refractivity contribution in [1.29, 1.82) is 0 Å². The lowest BCUT2D eigenvalue weighted by Gasteiger charge is -2.42. The Hall–Kier alpha value is -2.28. The lowest BCUT2D eigenvalue weighted by atomic mass is 9.90. The second-order valence-electron chi connectivity index (χ2n) is 8.09. The number of halogens is 1. The van der Waals surface area contributed by atoms with Gasteiger partial charge < -0.3 is 24.4 Å². The zero-order chi connectivity index (χ0) is 21.7. The highest BCUT2D eigenvalue weighted by Crippen LogP contribution is 2.28. The molecule has 1 aliphatic heterocycles. The largest absolute Gasteiger partial charge is 0.492 e. The lowest BCUT2D eigenvalue weighted by Crippen LogP contribution is -2.57. The summed E-state index contributed by atoms with van der Waals surface area (Å²) in [5.41, 5.74) is -0.442. The van der Waals surface area contributed by atoms with Gasteiger partial charge in [-0.3, -0.25) is 4.79 Å². The molecule has 1 amide bonds. The third-order valence-electron chi connectivity index (χ3n) is 5.26. The van der Waals surface area contributed by atoms with Crippen molar-refractivity contribution in [2.45, 2.75) is 25.0 Å². The van der Waals surface area contributed by atoms with E-state index in [-0.39, 0.29) is 5.91 Å². The van der Waals surface area contributed by atoms with Crippen molar-refractivity contribution in [3.05, 3.63) is 59.1 Å². The molecule has 2 aromatic rings. The summed E-state index contributed by atoms with van der Waals surface area (Å²) in [6, 6.07) is 14.2. The molecule has 2 aromatic carbocycles. The van der Waals surface area contributed by atoms with E-state index in [1.165, 1.54) is 0 Å². The van der Waals surface area contributed by atoms with Crippen molar-refractivity contribution in [2.24, 2.45) is 0 Å². The standard InChI is InChI=1S/C23H29ClN2O4/c1-23(28)12-13-26(16-21(23)30-20-10-6-18(24)7-11-20)22(27)17-4-8-19(9-5-17)29-15-14-25(2)3/h4-11,21,28H,12-16H2,1-3H3/t21-,23-/m0/s1. The van der Waals surface area contributed by atoms with E-state index >= 15 is 0 Å². The predicted molar refractivity (Wildman–Crippen MR) is 118 cm³/mol. The van der Waals surface area contributed by atoms with Crippen LogP contribution in [0.25, 0.3) is 0 Å². The molecule has 0 aliphatic carbocycles. The molecule has 0 radical (unpaired) electrons. The summed E-state index contributed by atoms with van der Waals surface area (Å²) < 4.78 is 11.7. The van der Waals surface area contributed by atoms with E-state index in [4.69, 9.17) is 21.1 Å². The highest BCUT2D eigenvalue weighted by Gasteiger charge is 2.41. The zero-order valence-electron chi connectivity index (χ0n) is 17.7. The first-order valence-corrected chi connectivity index (χ1v) is 10.4. The van der Waals surface area contributed by atoms with Crippen molar-refractivity contribution in [2.75, 3.05) is 40.3 Å². The average Bonchev–Trinajstić information content (AvgIpc) is 2.71. The van der Waals surface area contributed by atoms with Crippen LogP contribution < -0.4 is 9.47 Å². The van der Waals surface area contributed by atoms with Crippen LogP contribution in [0.15, 0.2) is 48.5 Å². The summed E-state index contributed by atoms with van der Waals surface area (Å²) in [5.74, 6) is 1.26. The van der Waals surface area contributed by atoms with Crippen LogP contribution in [-0.4, -0.2) is 72.9 Å². The number of amides is 1. The van der Waals surface area contributed by atoms with E-state index in [1.54, 1.807) is 48.2 Å². The molecule has 1 fully saturated rings. The van der Waals surface area contributed by atoms with E-state index < -0.39 is 11.7 Å². The number of hydrogen-bond acceptors (Lipinski definition) is 5. The van der Waals surface area contributed by atoms with Crippen molar-refractivity contribution < 1.29 is 19.4 Å². The first-order valence-electron chi connectivity index (χ1n) is 10.1. The minimum atomic E-state index is -1.03. The Morgan fingerprint density at radius 2 is 1.80 bits per heavy atom. The number of carbonyl (C=O) groups is 1. The Balaban J connectivity index is 1.63. The molecule has 0 saturated carbocycles. The molecule has 1 N–H and O–H groups in total. The maximum absolute atomic E-state index is 13.0. The normalized spacial score (nSPS) is 21.5. The Morgan fingerprint density at radius 3 is 2.43 bits per heavy atom. The Labute approximate surface area is 183 Å². The molecule has 0 spiro atoms. The van der Waals surface area contributed by atoms with E-state index in [9.17, 15) is 9.90 Å². The predicted octanol–water partition coefficient (Wildman–Crippen LogP) is 3.32. The van der Waals surface area contributed by atoms with Gasteiger partial charge in [0, 0.05) is 23.7 Å². The van der Waals surface area contributed by atoms with E-state index in [2.05, 4.69) is 0 Å². The minimum Gasteiger partial charge on any atom is -0.492 e. The van der Waals surface area contributed by atoms with Crippen LogP contribution in [0.5, 0.6) is 11.5 Å². The number of ether oxygens (including phenoxy) is 2.